The van der Waals surface area contributed by atoms with Gasteiger partial charge in [-0.05, 0) is 30.5 Å². The Bertz CT molecular complexity index is 1160. The van der Waals surface area contributed by atoms with Gasteiger partial charge in [0.05, 0.1) is 17.5 Å². The van der Waals surface area contributed by atoms with Gasteiger partial charge in [0, 0.05) is 30.5 Å². The van der Waals surface area contributed by atoms with E-state index in [4.69, 9.17) is 5.41 Å². The summed E-state index contributed by atoms with van der Waals surface area (Å²) in [5.74, 6) is -0.845. The molecular formula is C23H30F2N6OS. The summed E-state index contributed by atoms with van der Waals surface area (Å²) in [6.45, 7) is 11.9. The summed E-state index contributed by atoms with van der Waals surface area (Å²) < 4.78 is 28.1. The normalized spacial score (nSPS) is 12.0. The minimum atomic E-state index is -0.439. The number of anilines is 1. The van der Waals surface area contributed by atoms with Crippen molar-refractivity contribution in [2.24, 2.45) is 5.41 Å². The predicted molar refractivity (Wildman–Crippen MR) is 131 cm³/mol. The first-order chi connectivity index (χ1) is 15.6. The summed E-state index contributed by atoms with van der Waals surface area (Å²) in [7, 11) is 1.62. The zero-order valence-electron chi connectivity index (χ0n) is 19.9. The van der Waals surface area contributed by atoms with Gasteiger partial charge in [-0.3, -0.25) is 10.2 Å². The average Bonchev–Trinajstić information content (AvgIpc) is 3.17. The zero-order chi connectivity index (χ0) is 24.9. The standard InChI is InChI=1S/C21H24F2N6OS.C2H6/c1-11(21(2,3)4)27-20(30)14-10-29(31-23)19-18(14)28-16(9-26-19)17(24)13-7-6-12(22)8-15(13)25-5;1-2/h6-11,24-25H,1-5H3,(H,27,30);1-2H3. The lowest BCUT2D eigenvalue weighted by Gasteiger charge is -2.27. The molecule has 0 aliphatic carbocycles. The highest BCUT2D eigenvalue weighted by Crippen LogP contribution is 2.26. The third-order valence-corrected chi connectivity index (χ3v) is 5.63. The molecule has 0 aliphatic heterocycles. The molecule has 0 fully saturated rings. The Labute approximate surface area is 197 Å². The summed E-state index contributed by atoms with van der Waals surface area (Å²) >= 11 is -0.0919. The maximum atomic E-state index is 13.6. The van der Waals surface area contributed by atoms with Crippen molar-refractivity contribution in [2.45, 2.75) is 47.6 Å². The van der Waals surface area contributed by atoms with Crippen LogP contribution in [0.25, 0.3) is 11.2 Å². The van der Waals surface area contributed by atoms with Crippen LogP contribution in [0.5, 0.6) is 0 Å². The van der Waals surface area contributed by atoms with Crippen molar-refractivity contribution >= 4 is 40.8 Å². The van der Waals surface area contributed by atoms with Crippen molar-refractivity contribution in [3.63, 3.8) is 0 Å². The van der Waals surface area contributed by atoms with Crippen LogP contribution in [0.3, 0.4) is 0 Å². The zero-order valence-corrected chi connectivity index (χ0v) is 20.7. The molecule has 0 saturated carbocycles. The number of rotatable bonds is 6. The van der Waals surface area contributed by atoms with E-state index in [0.29, 0.717) is 11.3 Å². The fraction of sp³-hybridized carbons (Fsp3) is 0.391. The third-order valence-electron chi connectivity index (χ3n) is 5.21. The molecule has 33 heavy (non-hydrogen) atoms. The fourth-order valence-corrected chi connectivity index (χ4v) is 3.22. The van der Waals surface area contributed by atoms with Gasteiger partial charge in [-0.1, -0.05) is 34.6 Å². The molecule has 7 nitrogen and oxygen atoms in total. The maximum absolute atomic E-state index is 13.6. The van der Waals surface area contributed by atoms with Crippen molar-refractivity contribution < 1.29 is 13.1 Å². The lowest BCUT2D eigenvalue weighted by atomic mass is 9.88. The van der Waals surface area contributed by atoms with E-state index in [1.54, 1.807) is 7.05 Å². The number of hydrogen-bond acceptors (Lipinski definition) is 6. The van der Waals surface area contributed by atoms with E-state index in [1.165, 1.54) is 30.6 Å². The lowest BCUT2D eigenvalue weighted by molar-refractivity contribution is 0.0911. The minimum Gasteiger partial charge on any atom is -0.387 e. The van der Waals surface area contributed by atoms with E-state index >= 15 is 0 Å². The molecule has 0 radical (unpaired) electrons. The second-order valence-electron chi connectivity index (χ2n) is 8.24. The molecule has 0 spiro atoms. The van der Waals surface area contributed by atoms with Gasteiger partial charge in [-0.25, -0.2) is 18.3 Å². The first kappa shape index (κ1) is 26.2. The van der Waals surface area contributed by atoms with Crippen LogP contribution in [-0.2, 0) is 0 Å². The van der Waals surface area contributed by atoms with E-state index in [0.717, 1.165) is 3.97 Å². The van der Waals surface area contributed by atoms with Gasteiger partial charge < -0.3 is 10.6 Å². The number of carbonyl (C=O) groups excluding carboxylic acids is 1. The molecule has 0 saturated heterocycles. The summed E-state index contributed by atoms with van der Waals surface area (Å²) in [5.41, 5.74) is 1.35. The van der Waals surface area contributed by atoms with E-state index in [2.05, 4.69) is 20.6 Å². The second-order valence-corrected chi connectivity index (χ2v) is 8.77. The topological polar surface area (TPSA) is 95.7 Å². The molecule has 1 amide bonds. The Hall–Kier alpha value is -3.01. The molecule has 178 valence electrons. The van der Waals surface area contributed by atoms with Gasteiger partial charge in [0.1, 0.15) is 17.0 Å². The Kier molecular flexibility index (Phi) is 8.54. The van der Waals surface area contributed by atoms with Gasteiger partial charge in [-0.15, -0.1) is 3.89 Å². The monoisotopic (exact) mass is 476 g/mol. The Morgan fingerprint density at radius 2 is 1.91 bits per heavy atom. The van der Waals surface area contributed by atoms with Gasteiger partial charge in [0.15, 0.2) is 18.0 Å². The molecule has 3 rings (SSSR count). The van der Waals surface area contributed by atoms with Crippen LogP contribution in [0.4, 0.5) is 14.0 Å². The van der Waals surface area contributed by atoms with Crippen LogP contribution in [0.1, 0.15) is 63.2 Å². The molecule has 1 aromatic carbocycles. The number of nitrogens with one attached hydrogen (secondary N) is 3. The molecule has 0 aliphatic rings. The SMILES string of the molecule is CC.CNc1cc(F)ccc1C(=N)c1cnc2c(n1)c(C(=O)NC(C)C(C)(C)C)cn2SF. The maximum Gasteiger partial charge on any atom is 0.255 e. The predicted octanol–water partition coefficient (Wildman–Crippen LogP) is 5.60. The Morgan fingerprint density at radius 3 is 2.48 bits per heavy atom. The van der Waals surface area contributed by atoms with E-state index in [9.17, 15) is 13.1 Å². The summed E-state index contributed by atoms with van der Waals surface area (Å²) in [6.07, 6.45) is 2.67. The molecule has 10 heteroatoms. The van der Waals surface area contributed by atoms with Crippen molar-refractivity contribution in [2.75, 3.05) is 12.4 Å². The molecular weight excluding hydrogens is 446 g/mol. The number of fused-ring (bicyclic) bond motifs is 1. The smallest absolute Gasteiger partial charge is 0.255 e. The lowest BCUT2D eigenvalue weighted by Crippen LogP contribution is -2.41. The Morgan fingerprint density at radius 1 is 1.24 bits per heavy atom. The second kappa shape index (κ2) is 10.7. The van der Waals surface area contributed by atoms with Crippen LogP contribution in [0.15, 0.2) is 30.6 Å². The van der Waals surface area contributed by atoms with Gasteiger partial charge in [-0.2, -0.15) is 0 Å². The van der Waals surface area contributed by atoms with Crippen LogP contribution >= 0.6 is 12.3 Å². The van der Waals surface area contributed by atoms with Crippen molar-refractivity contribution in [3.8, 4) is 0 Å². The first-order valence-corrected chi connectivity index (χ1v) is 11.3. The van der Waals surface area contributed by atoms with Crippen molar-refractivity contribution in [3.05, 3.63) is 53.2 Å². The summed E-state index contributed by atoms with van der Waals surface area (Å²) in [6, 6.07) is 3.85. The molecule has 2 aromatic heterocycles. The van der Waals surface area contributed by atoms with E-state index in [-0.39, 0.29) is 51.9 Å². The van der Waals surface area contributed by atoms with Crippen LogP contribution < -0.4 is 10.6 Å². The number of hydrogen-bond donors (Lipinski definition) is 3. The average molecular weight is 477 g/mol. The quantitative estimate of drug-likeness (QED) is 0.403. The highest BCUT2D eigenvalue weighted by Gasteiger charge is 2.26. The number of halogens is 2. The number of benzene rings is 1. The van der Waals surface area contributed by atoms with Gasteiger partial charge in [0.2, 0.25) is 0 Å². The van der Waals surface area contributed by atoms with E-state index < -0.39 is 11.7 Å². The molecule has 3 aromatic rings. The molecule has 1 unspecified atom stereocenters. The number of amides is 1. The number of aromatic nitrogens is 3. The highest BCUT2D eigenvalue weighted by molar-refractivity contribution is 7.92. The van der Waals surface area contributed by atoms with Crippen LogP contribution in [0.2, 0.25) is 0 Å². The largest absolute Gasteiger partial charge is 0.387 e. The van der Waals surface area contributed by atoms with Crippen molar-refractivity contribution in [1.29, 1.82) is 5.41 Å². The van der Waals surface area contributed by atoms with Gasteiger partial charge >= 0.3 is 0 Å². The molecule has 3 N–H and O–H groups in total. The number of nitrogens with zero attached hydrogens (tertiary/aromatic N) is 3. The van der Waals surface area contributed by atoms with Crippen LogP contribution in [-0.4, -0.2) is 38.6 Å². The third kappa shape index (κ3) is 5.68. The van der Waals surface area contributed by atoms with Gasteiger partial charge in [0.25, 0.3) is 5.91 Å². The summed E-state index contributed by atoms with van der Waals surface area (Å²) in [5, 5.41) is 14.3. The van der Waals surface area contributed by atoms with E-state index in [1.807, 2.05) is 41.5 Å². The highest BCUT2D eigenvalue weighted by atomic mass is 32.2. The molecule has 0 bridgehead atoms. The molecule has 2 heterocycles. The van der Waals surface area contributed by atoms with Crippen molar-refractivity contribution in [1.82, 2.24) is 19.3 Å². The van der Waals surface area contributed by atoms with Crippen LogP contribution in [0, 0.1) is 16.6 Å². The molecule has 1 atom stereocenters. The Balaban J connectivity index is 0.00000187. The first-order valence-electron chi connectivity index (χ1n) is 10.6. The fourth-order valence-electron chi connectivity index (χ4n) is 2.87. The minimum absolute atomic E-state index is 0.00572. The summed E-state index contributed by atoms with van der Waals surface area (Å²) in [4.78, 5) is 21.6. The number of carbonyl (C=O) groups is 1.